The lowest BCUT2D eigenvalue weighted by molar-refractivity contribution is -0.0426. The Morgan fingerprint density at radius 3 is 2.13 bits per heavy atom. The average molecular weight is 212 g/mol. The Morgan fingerprint density at radius 1 is 1.07 bits per heavy atom. The van der Waals surface area contributed by atoms with Crippen LogP contribution in [0.15, 0.2) is 0 Å². The Hall–Kier alpha value is -0.120. The number of hydrogen-bond acceptors (Lipinski definition) is 3. The molecule has 1 saturated heterocycles. The third kappa shape index (κ3) is 2.52. The van der Waals surface area contributed by atoms with E-state index in [1.165, 1.54) is 39.0 Å². The van der Waals surface area contributed by atoms with Crippen molar-refractivity contribution in [3.8, 4) is 0 Å². The van der Waals surface area contributed by atoms with Crippen LogP contribution in [-0.2, 0) is 4.74 Å². The topological polar surface area (TPSA) is 15.7 Å². The number of ether oxygens (including phenoxy) is 1. The summed E-state index contributed by atoms with van der Waals surface area (Å²) in [6.45, 7) is 9.57. The summed E-state index contributed by atoms with van der Waals surface area (Å²) < 4.78 is 5.33. The summed E-state index contributed by atoms with van der Waals surface area (Å²) in [5.74, 6) is 0. The number of methoxy groups -OCH3 is 1. The summed E-state index contributed by atoms with van der Waals surface area (Å²) in [6, 6.07) is 1.52. The Bertz CT molecular complexity index is 194. The highest BCUT2D eigenvalue weighted by atomic mass is 16.5. The molecule has 1 aliphatic carbocycles. The normalized spacial score (nSPS) is 34.4. The molecule has 0 aromatic rings. The van der Waals surface area contributed by atoms with E-state index in [9.17, 15) is 0 Å². The second-order valence-corrected chi connectivity index (χ2v) is 5.15. The van der Waals surface area contributed by atoms with Gasteiger partial charge in [-0.15, -0.1) is 0 Å². The van der Waals surface area contributed by atoms with Crippen molar-refractivity contribution >= 4 is 0 Å². The monoisotopic (exact) mass is 212 g/mol. The molecular weight excluding hydrogens is 188 g/mol. The molecule has 0 N–H and O–H groups in total. The van der Waals surface area contributed by atoms with Crippen LogP contribution in [0.1, 0.15) is 26.7 Å². The zero-order valence-electron chi connectivity index (χ0n) is 10.3. The predicted octanol–water partition coefficient (Wildman–Crippen LogP) is 1.19. The molecule has 3 heteroatoms. The van der Waals surface area contributed by atoms with Gasteiger partial charge in [-0.2, -0.15) is 0 Å². The lowest BCUT2D eigenvalue weighted by Gasteiger charge is -2.46. The van der Waals surface area contributed by atoms with Crippen LogP contribution in [0.5, 0.6) is 0 Å². The minimum atomic E-state index is 0.540. The van der Waals surface area contributed by atoms with Gasteiger partial charge in [-0.1, -0.05) is 0 Å². The molecule has 2 fully saturated rings. The van der Waals surface area contributed by atoms with Gasteiger partial charge in [0.2, 0.25) is 0 Å². The van der Waals surface area contributed by atoms with Crippen molar-refractivity contribution in [1.82, 2.24) is 9.80 Å². The van der Waals surface area contributed by atoms with E-state index in [0.29, 0.717) is 12.1 Å². The van der Waals surface area contributed by atoms with Crippen molar-refractivity contribution in [2.24, 2.45) is 0 Å². The van der Waals surface area contributed by atoms with E-state index in [1.54, 1.807) is 0 Å². The smallest absolute Gasteiger partial charge is 0.0601 e. The molecule has 2 rings (SSSR count). The molecular formula is C12H24N2O. The van der Waals surface area contributed by atoms with Crippen LogP contribution in [0.4, 0.5) is 0 Å². The first-order chi connectivity index (χ1) is 7.20. The van der Waals surface area contributed by atoms with Gasteiger partial charge in [-0.25, -0.2) is 0 Å². The quantitative estimate of drug-likeness (QED) is 0.699. The molecule has 0 atom stereocenters. The Kier molecular flexibility index (Phi) is 3.65. The van der Waals surface area contributed by atoms with Gasteiger partial charge in [0.15, 0.2) is 0 Å². The number of rotatable bonds is 3. The van der Waals surface area contributed by atoms with E-state index in [1.807, 2.05) is 7.11 Å². The molecule has 0 radical (unpaired) electrons. The van der Waals surface area contributed by atoms with E-state index in [4.69, 9.17) is 4.74 Å². The third-order valence-electron chi connectivity index (χ3n) is 4.00. The molecule has 0 aromatic heterocycles. The van der Waals surface area contributed by atoms with Crippen molar-refractivity contribution in [3.05, 3.63) is 0 Å². The second kappa shape index (κ2) is 4.81. The van der Waals surface area contributed by atoms with Crippen LogP contribution in [0.3, 0.4) is 0 Å². The van der Waals surface area contributed by atoms with Gasteiger partial charge < -0.3 is 4.74 Å². The standard InChI is InChI=1S/C12H24N2O/c1-10(2)13-4-6-14(7-5-13)11-8-12(9-11)15-3/h10-12H,4-9H2,1-3H3. The van der Waals surface area contributed by atoms with Gasteiger partial charge in [0.1, 0.15) is 0 Å². The average Bonchev–Trinajstić information content (AvgIpc) is 2.17. The maximum absolute atomic E-state index is 5.33. The second-order valence-electron chi connectivity index (χ2n) is 5.15. The van der Waals surface area contributed by atoms with Gasteiger partial charge in [0, 0.05) is 45.4 Å². The molecule has 88 valence electrons. The maximum Gasteiger partial charge on any atom is 0.0601 e. The zero-order valence-corrected chi connectivity index (χ0v) is 10.3. The van der Waals surface area contributed by atoms with Crippen LogP contribution in [0.25, 0.3) is 0 Å². The Morgan fingerprint density at radius 2 is 1.67 bits per heavy atom. The zero-order chi connectivity index (χ0) is 10.8. The van der Waals surface area contributed by atoms with Crippen LogP contribution in [-0.4, -0.2) is 61.3 Å². The molecule has 0 amide bonds. The lowest BCUT2D eigenvalue weighted by atomic mass is 9.87. The molecule has 0 unspecified atom stereocenters. The van der Waals surface area contributed by atoms with Crippen LogP contribution in [0.2, 0.25) is 0 Å². The Labute approximate surface area is 93.4 Å². The summed E-state index contributed by atoms with van der Waals surface area (Å²) in [7, 11) is 1.83. The minimum Gasteiger partial charge on any atom is -0.381 e. The summed E-state index contributed by atoms with van der Waals surface area (Å²) in [4.78, 5) is 5.22. The first kappa shape index (κ1) is 11.4. The summed E-state index contributed by atoms with van der Waals surface area (Å²) in [6.07, 6.45) is 3.04. The van der Waals surface area contributed by atoms with Crippen molar-refractivity contribution in [2.45, 2.75) is 44.9 Å². The van der Waals surface area contributed by atoms with Crippen LogP contribution < -0.4 is 0 Å². The van der Waals surface area contributed by atoms with E-state index in [0.717, 1.165) is 6.04 Å². The summed E-state index contributed by atoms with van der Waals surface area (Å²) in [5.41, 5.74) is 0. The Balaban J connectivity index is 1.70. The number of nitrogens with zero attached hydrogens (tertiary/aromatic N) is 2. The van der Waals surface area contributed by atoms with Crippen molar-refractivity contribution in [1.29, 1.82) is 0 Å². The molecule has 0 bridgehead atoms. The van der Waals surface area contributed by atoms with Gasteiger partial charge in [-0.05, 0) is 26.7 Å². The SMILES string of the molecule is COC1CC(N2CCN(C(C)C)CC2)C1. The van der Waals surface area contributed by atoms with Crippen LogP contribution >= 0.6 is 0 Å². The van der Waals surface area contributed by atoms with Crippen LogP contribution in [0, 0.1) is 0 Å². The maximum atomic E-state index is 5.33. The fourth-order valence-electron chi connectivity index (χ4n) is 2.65. The summed E-state index contributed by atoms with van der Waals surface area (Å²) >= 11 is 0. The minimum absolute atomic E-state index is 0.540. The van der Waals surface area contributed by atoms with E-state index in [2.05, 4.69) is 23.6 Å². The number of hydrogen-bond donors (Lipinski definition) is 0. The first-order valence-electron chi connectivity index (χ1n) is 6.21. The summed E-state index contributed by atoms with van der Waals surface area (Å²) in [5, 5.41) is 0. The van der Waals surface area contributed by atoms with Crippen molar-refractivity contribution < 1.29 is 4.74 Å². The molecule has 0 spiro atoms. The molecule has 3 nitrogen and oxygen atoms in total. The van der Waals surface area contributed by atoms with Gasteiger partial charge in [0.25, 0.3) is 0 Å². The third-order valence-corrected chi connectivity index (χ3v) is 4.00. The van der Waals surface area contributed by atoms with Gasteiger partial charge in [0.05, 0.1) is 6.10 Å². The van der Waals surface area contributed by atoms with E-state index >= 15 is 0 Å². The fourth-order valence-corrected chi connectivity index (χ4v) is 2.65. The highest BCUT2D eigenvalue weighted by Crippen LogP contribution is 2.28. The van der Waals surface area contributed by atoms with Gasteiger partial charge >= 0.3 is 0 Å². The lowest BCUT2D eigenvalue weighted by Crippen LogP contribution is -2.56. The molecule has 2 aliphatic rings. The number of piperazine rings is 1. The van der Waals surface area contributed by atoms with Crippen molar-refractivity contribution in [2.75, 3.05) is 33.3 Å². The largest absolute Gasteiger partial charge is 0.381 e. The highest BCUT2D eigenvalue weighted by Gasteiger charge is 2.35. The van der Waals surface area contributed by atoms with Crippen molar-refractivity contribution in [3.63, 3.8) is 0 Å². The fraction of sp³-hybridized carbons (Fsp3) is 1.00. The van der Waals surface area contributed by atoms with E-state index < -0.39 is 0 Å². The molecule has 1 aliphatic heterocycles. The predicted molar refractivity (Wildman–Crippen MR) is 62.1 cm³/mol. The first-order valence-corrected chi connectivity index (χ1v) is 6.21. The van der Waals surface area contributed by atoms with Gasteiger partial charge in [-0.3, -0.25) is 9.80 Å². The molecule has 1 saturated carbocycles. The molecule has 15 heavy (non-hydrogen) atoms. The molecule has 0 aromatic carbocycles. The highest BCUT2D eigenvalue weighted by molar-refractivity contribution is 4.90. The van der Waals surface area contributed by atoms with E-state index in [-0.39, 0.29) is 0 Å². The molecule has 1 heterocycles.